The Kier molecular flexibility index (Phi) is 6.26. The first-order valence-corrected chi connectivity index (χ1v) is 7.34. The number of likely N-dealkylation sites (N-methyl/N-ethyl adjacent to an activating group) is 1. The highest BCUT2D eigenvalue weighted by atomic mass is 16.4. The third kappa shape index (κ3) is 4.67. The van der Waals surface area contributed by atoms with Crippen molar-refractivity contribution in [1.82, 2.24) is 14.7 Å². The van der Waals surface area contributed by atoms with Gasteiger partial charge in [-0.15, -0.1) is 0 Å². The van der Waals surface area contributed by atoms with E-state index in [1.165, 1.54) is 4.90 Å². The van der Waals surface area contributed by atoms with Crippen molar-refractivity contribution in [3.63, 3.8) is 0 Å². The fourth-order valence-corrected chi connectivity index (χ4v) is 2.65. The maximum absolute atomic E-state index is 12.5. The molecule has 20 heavy (non-hydrogen) atoms. The van der Waals surface area contributed by atoms with E-state index in [9.17, 15) is 9.59 Å². The maximum Gasteiger partial charge on any atom is 0.323 e. The highest BCUT2D eigenvalue weighted by molar-refractivity contribution is 5.80. The minimum atomic E-state index is -0.959. The number of rotatable bonds is 5. The average Bonchev–Trinajstić information content (AvgIpc) is 2.35. The van der Waals surface area contributed by atoms with E-state index < -0.39 is 5.97 Å². The lowest BCUT2D eigenvalue weighted by atomic mass is 10.2. The molecule has 0 aromatic heterocycles. The summed E-state index contributed by atoms with van der Waals surface area (Å²) in [6.07, 6.45) is 0. The molecule has 116 valence electrons. The van der Waals surface area contributed by atoms with Crippen molar-refractivity contribution < 1.29 is 14.7 Å². The Hall–Kier alpha value is -1.30. The summed E-state index contributed by atoms with van der Waals surface area (Å²) in [4.78, 5) is 29.0. The Morgan fingerprint density at radius 2 is 2.00 bits per heavy atom. The molecule has 1 N–H and O–H groups in total. The van der Waals surface area contributed by atoms with E-state index in [4.69, 9.17) is 5.11 Å². The summed E-state index contributed by atoms with van der Waals surface area (Å²) in [6.45, 7) is 11.6. The predicted octanol–water partition coefficient (Wildman–Crippen LogP) is 1.17. The van der Waals surface area contributed by atoms with Gasteiger partial charge in [0.1, 0.15) is 6.54 Å². The largest absolute Gasteiger partial charge is 0.480 e. The van der Waals surface area contributed by atoms with Crippen LogP contribution in [0.2, 0.25) is 0 Å². The van der Waals surface area contributed by atoms with Crippen molar-refractivity contribution in [2.75, 3.05) is 39.3 Å². The summed E-state index contributed by atoms with van der Waals surface area (Å²) in [5.41, 5.74) is 0. The number of carboxylic acid groups (broad SMARTS) is 1. The zero-order chi connectivity index (χ0) is 15.3. The van der Waals surface area contributed by atoms with E-state index in [2.05, 4.69) is 18.7 Å². The van der Waals surface area contributed by atoms with Crippen LogP contribution in [0.1, 0.15) is 27.7 Å². The smallest absolute Gasteiger partial charge is 0.323 e. The number of carbonyl (C=O) groups is 2. The van der Waals surface area contributed by atoms with Gasteiger partial charge in [-0.1, -0.05) is 20.8 Å². The minimum Gasteiger partial charge on any atom is -0.480 e. The van der Waals surface area contributed by atoms with Crippen LogP contribution in [0.4, 0.5) is 4.79 Å². The van der Waals surface area contributed by atoms with Gasteiger partial charge in [0.2, 0.25) is 0 Å². The molecule has 1 aliphatic heterocycles. The third-order valence-corrected chi connectivity index (χ3v) is 3.62. The van der Waals surface area contributed by atoms with Gasteiger partial charge in [-0.3, -0.25) is 9.69 Å². The fraction of sp³-hybridized carbons (Fsp3) is 0.857. The summed E-state index contributed by atoms with van der Waals surface area (Å²) in [5, 5.41) is 8.96. The summed E-state index contributed by atoms with van der Waals surface area (Å²) in [5.74, 6) is -0.702. The summed E-state index contributed by atoms with van der Waals surface area (Å²) in [7, 11) is 0. The van der Waals surface area contributed by atoms with Gasteiger partial charge in [0.15, 0.2) is 0 Å². The van der Waals surface area contributed by atoms with Crippen LogP contribution in [0, 0.1) is 5.92 Å². The second-order valence-corrected chi connectivity index (χ2v) is 5.87. The summed E-state index contributed by atoms with van der Waals surface area (Å²) >= 11 is 0. The number of carbonyl (C=O) groups excluding carboxylic acids is 1. The first-order chi connectivity index (χ1) is 9.35. The van der Waals surface area contributed by atoms with Crippen LogP contribution in [-0.4, -0.2) is 77.1 Å². The number of piperazine rings is 1. The lowest BCUT2D eigenvalue weighted by Crippen LogP contribution is -2.57. The van der Waals surface area contributed by atoms with Crippen molar-refractivity contribution in [3.05, 3.63) is 0 Å². The number of carboxylic acids is 1. The molecule has 1 aliphatic rings. The van der Waals surface area contributed by atoms with Gasteiger partial charge in [-0.25, -0.2) is 4.79 Å². The molecule has 0 aromatic carbocycles. The summed E-state index contributed by atoms with van der Waals surface area (Å²) < 4.78 is 0. The SMILES string of the molecule is CCN1CCN(C(=O)N(CC(=O)O)CC(C)C)CC1C. The Balaban J connectivity index is 2.67. The van der Waals surface area contributed by atoms with Crippen molar-refractivity contribution in [2.24, 2.45) is 5.92 Å². The van der Waals surface area contributed by atoms with Crippen LogP contribution in [-0.2, 0) is 4.79 Å². The van der Waals surface area contributed by atoms with Crippen molar-refractivity contribution in [3.8, 4) is 0 Å². The van der Waals surface area contributed by atoms with E-state index in [1.54, 1.807) is 4.90 Å². The first-order valence-electron chi connectivity index (χ1n) is 7.34. The van der Waals surface area contributed by atoms with Crippen molar-refractivity contribution >= 4 is 12.0 Å². The molecule has 1 atom stereocenters. The lowest BCUT2D eigenvalue weighted by molar-refractivity contribution is -0.137. The maximum atomic E-state index is 12.5. The summed E-state index contributed by atoms with van der Waals surface area (Å²) in [6, 6.07) is 0.173. The van der Waals surface area contributed by atoms with E-state index in [1.807, 2.05) is 13.8 Å². The monoisotopic (exact) mass is 285 g/mol. The molecule has 0 radical (unpaired) electrons. The number of hydrogen-bond acceptors (Lipinski definition) is 3. The van der Waals surface area contributed by atoms with Gasteiger partial charge in [0.05, 0.1) is 0 Å². The predicted molar refractivity (Wildman–Crippen MR) is 77.7 cm³/mol. The molecule has 0 bridgehead atoms. The Bertz CT molecular complexity index is 347. The second kappa shape index (κ2) is 7.47. The Morgan fingerprint density at radius 3 is 2.45 bits per heavy atom. The molecular formula is C14H27N3O3. The normalized spacial score (nSPS) is 20.2. The minimum absolute atomic E-state index is 0.149. The van der Waals surface area contributed by atoms with Crippen LogP contribution in [0.25, 0.3) is 0 Å². The zero-order valence-corrected chi connectivity index (χ0v) is 13.0. The number of hydrogen-bond donors (Lipinski definition) is 1. The van der Waals surface area contributed by atoms with Crippen LogP contribution in [0.3, 0.4) is 0 Å². The molecule has 6 nitrogen and oxygen atoms in total. The number of nitrogens with zero attached hydrogens (tertiary/aromatic N) is 3. The van der Waals surface area contributed by atoms with Crippen molar-refractivity contribution in [1.29, 1.82) is 0 Å². The van der Waals surface area contributed by atoms with Gasteiger partial charge in [0, 0.05) is 32.2 Å². The topological polar surface area (TPSA) is 64.1 Å². The molecular weight excluding hydrogens is 258 g/mol. The van der Waals surface area contributed by atoms with Crippen LogP contribution in [0.15, 0.2) is 0 Å². The van der Waals surface area contributed by atoms with E-state index in [0.717, 1.165) is 13.1 Å². The van der Waals surface area contributed by atoms with E-state index in [-0.39, 0.29) is 18.5 Å². The van der Waals surface area contributed by atoms with Crippen LogP contribution >= 0.6 is 0 Å². The van der Waals surface area contributed by atoms with Gasteiger partial charge in [-0.2, -0.15) is 0 Å². The van der Waals surface area contributed by atoms with Crippen LogP contribution < -0.4 is 0 Å². The molecule has 0 aromatic rings. The first kappa shape index (κ1) is 16.8. The van der Waals surface area contributed by atoms with Gasteiger partial charge >= 0.3 is 12.0 Å². The molecule has 1 unspecified atom stereocenters. The molecule has 0 spiro atoms. The Morgan fingerprint density at radius 1 is 1.35 bits per heavy atom. The average molecular weight is 285 g/mol. The zero-order valence-electron chi connectivity index (χ0n) is 13.0. The number of aliphatic carboxylic acids is 1. The molecule has 6 heteroatoms. The molecule has 0 saturated carbocycles. The Labute approximate surface area is 121 Å². The number of amides is 2. The molecule has 1 fully saturated rings. The molecule has 1 heterocycles. The second-order valence-electron chi connectivity index (χ2n) is 5.87. The lowest BCUT2D eigenvalue weighted by Gasteiger charge is -2.41. The third-order valence-electron chi connectivity index (χ3n) is 3.62. The van der Waals surface area contributed by atoms with E-state index >= 15 is 0 Å². The molecule has 2 amide bonds. The molecule has 1 rings (SSSR count). The highest BCUT2D eigenvalue weighted by Crippen LogP contribution is 2.12. The molecule has 0 aliphatic carbocycles. The number of urea groups is 1. The van der Waals surface area contributed by atoms with Crippen molar-refractivity contribution in [2.45, 2.75) is 33.7 Å². The van der Waals surface area contributed by atoms with Gasteiger partial charge < -0.3 is 14.9 Å². The van der Waals surface area contributed by atoms with E-state index in [0.29, 0.717) is 25.7 Å². The highest BCUT2D eigenvalue weighted by Gasteiger charge is 2.29. The molecule has 1 saturated heterocycles. The van der Waals surface area contributed by atoms with Crippen LogP contribution in [0.5, 0.6) is 0 Å². The van der Waals surface area contributed by atoms with Gasteiger partial charge in [-0.05, 0) is 19.4 Å². The fourth-order valence-electron chi connectivity index (χ4n) is 2.65. The standard InChI is InChI=1S/C14H27N3O3/c1-5-15-6-7-16(9-12(15)4)14(20)17(8-11(2)3)10-13(18)19/h11-12H,5-10H2,1-4H3,(H,18,19). The van der Waals surface area contributed by atoms with Gasteiger partial charge in [0.25, 0.3) is 0 Å². The quantitative estimate of drug-likeness (QED) is 0.823.